The fourth-order valence-electron chi connectivity index (χ4n) is 2.21. The summed E-state index contributed by atoms with van der Waals surface area (Å²) < 4.78 is 37.2. The topological polar surface area (TPSA) is 56.8 Å². The summed E-state index contributed by atoms with van der Waals surface area (Å²) in [6.07, 6.45) is -2.57. The van der Waals surface area contributed by atoms with E-state index in [4.69, 9.17) is 0 Å². The lowest BCUT2D eigenvalue weighted by atomic mass is 9.97. The molecule has 0 bridgehead atoms. The normalized spacial score (nSPS) is 18.0. The summed E-state index contributed by atoms with van der Waals surface area (Å²) in [4.78, 5) is 5.31. The first-order valence-electron chi connectivity index (χ1n) is 6.46. The van der Waals surface area contributed by atoms with Crippen molar-refractivity contribution in [3.63, 3.8) is 0 Å². The van der Waals surface area contributed by atoms with Gasteiger partial charge in [0.2, 0.25) is 11.8 Å². The van der Waals surface area contributed by atoms with Crippen LogP contribution < -0.4 is 10.2 Å². The molecule has 0 aliphatic carbocycles. The van der Waals surface area contributed by atoms with E-state index >= 15 is 0 Å². The molecule has 0 unspecified atom stereocenters. The van der Waals surface area contributed by atoms with Gasteiger partial charge >= 0.3 is 6.18 Å². The predicted octanol–water partition coefficient (Wildman–Crippen LogP) is 1.65. The summed E-state index contributed by atoms with van der Waals surface area (Å²) in [7, 11) is 0. The summed E-state index contributed by atoms with van der Waals surface area (Å²) in [5.74, 6) is -0.302. The van der Waals surface area contributed by atoms with Crippen LogP contribution >= 0.6 is 0 Å². The van der Waals surface area contributed by atoms with Crippen molar-refractivity contribution in [2.45, 2.75) is 25.9 Å². The van der Waals surface area contributed by atoms with Gasteiger partial charge in [0.25, 0.3) is 0 Å². The van der Waals surface area contributed by atoms with E-state index < -0.39 is 12.0 Å². The van der Waals surface area contributed by atoms with E-state index in [9.17, 15) is 13.2 Å². The lowest BCUT2D eigenvalue weighted by Gasteiger charge is -2.31. The SMILES string of the molecule is CCNCC1CCN(c2n[nH]c(C(F)(F)F)n2)CC1. The Kier molecular flexibility index (Phi) is 4.28. The first-order chi connectivity index (χ1) is 9.00. The zero-order valence-corrected chi connectivity index (χ0v) is 10.8. The van der Waals surface area contributed by atoms with Gasteiger partial charge < -0.3 is 10.2 Å². The Labute approximate surface area is 109 Å². The maximum Gasteiger partial charge on any atom is 0.451 e. The smallest absolute Gasteiger partial charge is 0.340 e. The molecule has 2 rings (SSSR count). The number of aromatic amines is 1. The highest BCUT2D eigenvalue weighted by Gasteiger charge is 2.36. The molecule has 1 aromatic rings. The number of halogens is 3. The van der Waals surface area contributed by atoms with Crippen molar-refractivity contribution >= 4 is 5.95 Å². The van der Waals surface area contributed by atoms with E-state index in [2.05, 4.69) is 22.3 Å². The third kappa shape index (κ3) is 3.59. The van der Waals surface area contributed by atoms with Gasteiger partial charge in [-0.25, -0.2) is 0 Å². The lowest BCUT2D eigenvalue weighted by Crippen LogP contribution is -2.37. The molecular weight excluding hydrogens is 259 g/mol. The van der Waals surface area contributed by atoms with Crippen LogP contribution in [0, 0.1) is 5.92 Å². The Hall–Kier alpha value is -1.31. The monoisotopic (exact) mass is 277 g/mol. The number of aromatic nitrogens is 3. The Bertz CT molecular complexity index is 395. The van der Waals surface area contributed by atoms with Gasteiger partial charge in [-0.3, -0.25) is 5.10 Å². The van der Waals surface area contributed by atoms with Crippen molar-refractivity contribution < 1.29 is 13.2 Å². The molecule has 5 nitrogen and oxygen atoms in total. The van der Waals surface area contributed by atoms with Crippen LogP contribution in [0.25, 0.3) is 0 Å². The molecule has 108 valence electrons. The number of anilines is 1. The standard InChI is InChI=1S/C11H18F3N5/c1-2-15-7-8-3-5-19(6-4-8)10-16-9(17-18-10)11(12,13)14/h8,15H,2-7H2,1H3,(H,16,17,18). The van der Waals surface area contributed by atoms with E-state index in [0.717, 1.165) is 25.9 Å². The van der Waals surface area contributed by atoms with Crippen LogP contribution in [-0.2, 0) is 6.18 Å². The first-order valence-corrected chi connectivity index (χ1v) is 6.46. The average molecular weight is 277 g/mol. The van der Waals surface area contributed by atoms with Crippen molar-refractivity contribution in [3.8, 4) is 0 Å². The van der Waals surface area contributed by atoms with Crippen LogP contribution in [0.2, 0.25) is 0 Å². The molecule has 0 amide bonds. The van der Waals surface area contributed by atoms with Crippen LogP contribution in [0.5, 0.6) is 0 Å². The molecule has 0 spiro atoms. The van der Waals surface area contributed by atoms with Crippen molar-refractivity contribution in [3.05, 3.63) is 5.82 Å². The number of piperidine rings is 1. The molecule has 1 fully saturated rings. The second kappa shape index (κ2) is 5.77. The maximum atomic E-state index is 12.4. The zero-order valence-electron chi connectivity index (χ0n) is 10.8. The number of hydrogen-bond donors (Lipinski definition) is 2. The molecule has 1 aliphatic heterocycles. The summed E-state index contributed by atoms with van der Waals surface area (Å²) in [5, 5.41) is 8.89. The molecule has 19 heavy (non-hydrogen) atoms. The molecule has 1 aliphatic rings. The van der Waals surface area contributed by atoms with Crippen LogP contribution in [0.15, 0.2) is 0 Å². The Balaban J connectivity index is 1.89. The highest BCUT2D eigenvalue weighted by atomic mass is 19.4. The fraction of sp³-hybridized carbons (Fsp3) is 0.818. The van der Waals surface area contributed by atoms with E-state index in [-0.39, 0.29) is 5.95 Å². The molecule has 2 N–H and O–H groups in total. The fourth-order valence-corrected chi connectivity index (χ4v) is 2.21. The van der Waals surface area contributed by atoms with Gasteiger partial charge in [0.15, 0.2) is 0 Å². The van der Waals surface area contributed by atoms with Crippen LogP contribution in [0.4, 0.5) is 19.1 Å². The number of nitrogens with zero attached hydrogens (tertiary/aromatic N) is 3. The summed E-state index contributed by atoms with van der Waals surface area (Å²) >= 11 is 0. The van der Waals surface area contributed by atoms with Gasteiger partial charge in [0.05, 0.1) is 0 Å². The molecule has 8 heteroatoms. The highest BCUT2D eigenvalue weighted by Crippen LogP contribution is 2.28. The second-order valence-electron chi connectivity index (χ2n) is 4.72. The van der Waals surface area contributed by atoms with Gasteiger partial charge in [-0.2, -0.15) is 18.2 Å². The van der Waals surface area contributed by atoms with Crippen molar-refractivity contribution in [2.75, 3.05) is 31.1 Å². The molecule has 1 aromatic heterocycles. The molecule has 0 saturated carbocycles. The van der Waals surface area contributed by atoms with Crippen LogP contribution in [0.1, 0.15) is 25.6 Å². The first kappa shape index (κ1) is 14.1. The van der Waals surface area contributed by atoms with Gasteiger partial charge in [-0.05, 0) is 31.8 Å². The van der Waals surface area contributed by atoms with Gasteiger partial charge in [0.1, 0.15) is 0 Å². The van der Waals surface area contributed by atoms with E-state index in [1.54, 1.807) is 4.90 Å². The molecule has 1 saturated heterocycles. The van der Waals surface area contributed by atoms with Crippen molar-refractivity contribution in [1.82, 2.24) is 20.5 Å². The molecule has 0 radical (unpaired) electrons. The van der Waals surface area contributed by atoms with Crippen LogP contribution in [0.3, 0.4) is 0 Å². The number of alkyl halides is 3. The largest absolute Gasteiger partial charge is 0.451 e. The number of nitrogens with one attached hydrogen (secondary N) is 2. The summed E-state index contributed by atoms with van der Waals surface area (Å²) in [6.45, 7) is 5.36. The molecule has 0 aromatic carbocycles. The number of H-pyrrole nitrogens is 1. The Morgan fingerprint density at radius 2 is 2.05 bits per heavy atom. The van der Waals surface area contributed by atoms with Crippen molar-refractivity contribution in [2.24, 2.45) is 5.92 Å². The Morgan fingerprint density at radius 3 is 2.58 bits per heavy atom. The van der Waals surface area contributed by atoms with Gasteiger partial charge in [-0.1, -0.05) is 6.92 Å². The lowest BCUT2D eigenvalue weighted by molar-refractivity contribution is -0.144. The summed E-state index contributed by atoms with van der Waals surface area (Å²) in [6, 6.07) is 0. The van der Waals surface area contributed by atoms with Gasteiger partial charge in [-0.15, -0.1) is 5.10 Å². The average Bonchev–Trinajstić information content (AvgIpc) is 2.86. The molecule has 0 atom stereocenters. The molecule has 2 heterocycles. The Morgan fingerprint density at radius 1 is 1.37 bits per heavy atom. The number of hydrogen-bond acceptors (Lipinski definition) is 4. The second-order valence-corrected chi connectivity index (χ2v) is 4.72. The molecular formula is C11H18F3N5. The summed E-state index contributed by atoms with van der Waals surface area (Å²) in [5.41, 5.74) is 0. The highest BCUT2D eigenvalue weighted by molar-refractivity contribution is 5.29. The van der Waals surface area contributed by atoms with E-state index in [1.807, 2.05) is 5.10 Å². The maximum absolute atomic E-state index is 12.4. The van der Waals surface area contributed by atoms with E-state index in [1.165, 1.54) is 0 Å². The minimum atomic E-state index is -4.46. The minimum absolute atomic E-state index is 0.147. The third-order valence-corrected chi connectivity index (χ3v) is 3.32. The predicted molar refractivity (Wildman–Crippen MR) is 64.9 cm³/mol. The third-order valence-electron chi connectivity index (χ3n) is 3.32. The van der Waals surface area contributed by atoms with Crippen molar-refractivity contribution in [1.29, 1.82) is 0 Å². The minimum Gasteiger partial charge on any atom is -0.340 e. The quantitative estimate of drug-likeness (QED) is 0.878. The van der Waals surface area contributed by atoms with E-state index in [0.29, 0.717) is 19.0 Å². The zero-order chi connectivity index (χ0) is 13.9. The van der Waals surface area contributed by atoms with Crippen LogP contribution in [-0.4, -0.2) is 41.4 Å². The van der Waals surface area contributed by atoms with Gasteiger partial charge in [0, 0.05) is 13.1 Å². The number of rotatable bonds is 4.